The van der Waals surface area contributed by atoms with Gasteiger partial charge in [-0.3, -0.25) is 18.6 Å². The molecule has 2 atom stereocenters. The Morgan fingerprint density at radius 3 is 2.62 bits per heavy atom. The van der Waals surface area contributed by atoms with Crippen LogP contribution in [0.5, 0.6) is 0 Å². The second-order valence-electron chi connectivity index (χ2n) is 8.38. The lowest BCUT2D eigenvalue weighted by Gasteiger charge is -2.15. The van der Waals surface area contributed by atoms with E-state index in [0.29, 0.717) is 34.8 Å². The fourth-order valence-corrected chi connectivity index (χ4v) is 6.70. The highest BCUT2D eigenvalue weighted by atomic mass is 32.2. The number of amides is 1. The van der Waals surface area contributed by atoms with Gasteiger partial charge in [0, 0.05) is 6.04 Å². The number of sulfone groups is 1. The summed E-state index contributed by atoms with van der Waals surface area (Å²) >= 11 is 1.22. The first-order valence-electron chi connectivity index (χ1n) is 10.9. The van der Waals surface area contributed by atoms with E-state index in [1.54, 1.807) is 22.0 Å². The highest BCUT2D eigenvalue weighted by Gasteiger charge is 2.30. The number of aromatic nitrogens is 4. The third-order valence-corrected chi connectivity index (χ3v) is 8.70. The Labute approximate surface area is 200 Å². The molecule has 1 N–H and O–H groups in total. The zero-order valence-corrected chi connectivity index (χ0v) is 20.1. The van der Waals surface area contributed by atoms with Gasteiger partial charge >= 0.3 is 0 Å². The van der Waals surface area contributed by atoms with Crippen LogP contribution in [0.15, 0.2) is 64.5 Å². The molecule has 0 aliphatic carbocycles. The minimum Gasteiger partial charge on any atom is -0.351 e. The molecule has 5 rings (SSSR count). The van der Waals surface area contributed by atoms with Crippen LogP contribution >= 0.6 is 11.8 Å². The van der Waals surface area contributed by atoms with E-state index in [1.807, 2.05) is 48.5 Å². The summed E-state index contributed by atoms with van der Waals surface area (Å²) in [5, 5.41) is 11.9. The van der Waals surface area contributed by atoms with Crippen molar-refractivity contribution in [1.82, 2.24) is 24.5 Å². The van der Waals surface area contributed by atoms with Gasteiger partial charge in [0.25, 0.3) is 5.56 Å². The molecular formula is C23H23N5O4S2. The molecule has 2 unspecified atom stereocenters. The van der Waals surface area contributed by atoms with E-state index in [1.165, 1.54) is 11.8 Å². The van der Waals surface area contributed by atoms with Crippen LogP contribution < -0.4 is 10.9 Å². The number of hydrogen-bond acceptors (Lipinski definition) is 7. The molecule has 1 fully saturated rings. The summed E-state index contributed by atoms with van der Waals surface area (Å²) in [6, 6.07) is 16.5. The summed E-state index contributed by atoms with van der Waals surface area (Å²) in [5.41, 5.74) is 1.45. The molecule has 176 valence electrons. The minimum absolute atomic E-state index is 0.0274. The Balaban J connectivity index is 1.50. The summed E-state index contributed by atoms with van der Waals surface area (Å²) in [6.07, 6.45) is 0.426. The van der Waals surface area contributed by atoms with Crippen LogP contribution in [0.2, 0.25) is 0 Å². The summed E-state index contributed by atoms with van der Waals surface area (Å²) in [6.45, 7) is 2.08. The summed E-state index contributed by atoms with van der Waals surface area (Å²) in [5.74, 6) is 0.204. The van der Waals surface area contributed by atoms with Crippen LogP contribution in [0.3, 0.4) is 0 Å². The molecule has 4 aromatic rings. The first kappa shape index (κ1) is 22.6. The predicted molar refractivity (Wildman–Crippen MR) is 131 cm³/mol. The molecule has 3 heterocycles. The molecular weight excluding hydrogens is 474 g/mol. The Kier molecular flexibility index (Phi) is 5.90. The maximum Gasteiger partial charge on any atom is 0.263 e. The maximum atomic E-state index is 13.3. The van der Waals surface area contributed by atoms with Gasteiger partial charge in [0.05, 0.1) is 34.2 Å². The monoisotopic (exact) mass is 497 g/mol. The first-order valence-corrected chi connectivity index (χ1v) is 13.6. The van der Waals surface area contributed by atoms with Gasteiger partial charge in [0.1, 0.15) is 0 Å². The van der Waals surface area contributed by atoms with Gasteiger partial charge in [-0.25, -0.2) is 8.42 Å². The normalized spacial score (nSPS) is 18.3. The summed E-state index contributed by atoms with van der Waals surface area (Å²) in [4.78, 5) is 26.1. The standard InChI is InChI=1S/C23H23N5O4S2/c1-15(20(29)24-17-11-12-34(31,32)14-17)33-23-26-25-22-27(13-16-7-3-2-4-8-16)21(30)18-9-5-6-10-19(18)28(22)23/h2-10,15,17H,11-14H2,1H3,(H,24,29). The third-order valence-electron chi connectivity index (χ3n) is 5.89. The molecule has 1 aliphatic heterocycles. The second-order valence-corrected chi connectivity index (χ2v) is 11.9. The zero-order valence-electron chi connectivity index (χ0n) is 18.4. The van der Waals surface area contributed by atoms with E-state index < -0.39 is 15.1 Å². The van der Waals surface area contributed by atoms with Crippen molar-refractivity contribution in [2.24, 2.45) is 0 Å². The topological polar surface area (TPSA) is 115 Å². The number of para-hydroxylation sites is 1. The second kappa shape index (κ2) is 8.88. The number of fused-ring (bicyclic) bond motifs is 3. The van der Waals surface area contributed by atoms with Crippen LogP contribution in [0.1, 0.15) is 18.9 Å². The average Bonchev–Trinajstić information content (AvgIpc) is 3.39. The average molecular weight is 498 g/mol. The van der Waals surface area contributed by atoms with E-state index in [9.17, 15) is 18.0 Å². The van der Waals surface area contributed by atoms with Gasteiger partial charge in [0.2, 0.25) is 11.7 Å². The molecule has 1 amide bonds. The summed E-state index contributed by atoms with van der Waals surface area (Å²) < 4.78 is 26.8. The van der Waals surface area contributed by atoms with E-state index in [0.717, 1.165) is 5.56 Å². The molecule has 11 heteroatoms. The zero-order chi connectivity index (χ0) is 23.9. The Morgan fingerprint density at radius 2 is 1.88 bits per heavy atom. The molecule has 0 spiro atoms. The van der Waals surface area contributed by atoms with Gasteiger partial charge in [-0.15, -0.1) is 10.2 Å². The highest BCUT2D eigenvalue weighted by molar-refractivity contribution is 8.00. The number of carbonyl (C=O) groups is 1. The first-order chi connectivity index (χ1) is 16.3. The fraction of sp³-hybridized carbons (Fsp3) is 0.304. The molecule has 2 aromatic carbocycles. The lowest BCUT2D eigenvalue weighted by Crippen LogP contribution is -2.40. The predicted octanol–water partition coefficient (Wildman–Crippen LogP) is 1.88. The van der Waals surface area contributed by atoms with E-state index in [-0.39, 0.29) is 29.0 Å². The fourth-order valence-electron chi connectivity index (χ4n) is 4.16. The van der Waals surface area contributed by atoms with E-state index in [2.05, 4.69) is 15.5 Å². The van der Waals surface area contributed by atoms with Crippen LogP contribution in [-0.4, -0.2) is 56.3 Å². The quantitative estimate of drug-likeness (QED) is 0.405. The number of benzene rings is 2. The molecule has 2 aromatic heterocycles. The van der Waals surface area contributed by atoms with Gasteiger partial charge in [-0.2, -0.15) is 0 Å². The van der Waals surface area contributed by atoms with Gasteiger partial charge in [-0.05, 0) is 31.0 Å². The molecule has 9 nitrogen and oxygen atoms in total. The number of nitrogens with one attached hydrogen (secondary N) is 1. The Morgan fingerprint density at radius 1 is 1.15 bits per heavy atom. The number of thioether (sulfide) groups is 1. The Hall–Kier alpha value is -3.18. The number of rotatable bonds is 6. The molecule has 34 heavy (non-hydrogen) atoms. The molecule has 0 bridgehead atoms. The molecule has 1 saturated heterocycles. The van der Waals surface area contributed by atoms with Gasteiger partial charge in [0.15, 0.2) is 15.0 Å². The number of hydrogen-bond donors (Lipinski definition) is 1. The van der Waals surface area contributed by atoms with Crippen molar-refractivity contribution in [2.75, 3.05) is 11.5 Å². The van der Waals surface area contributed by atoms with Gasteiger partial charge in [-0.1, -0.05) is 54.2 Å². The lowest BCUT2D eigenvalue weighted by atomic mass is 10.2. The minimum atomic E-state index is -3.08. The van der Waals surface area contributed by atoms with Crippen molar-refractivity contribution in [3.05, 3.63) is 70.5 Å². The lowest BCUT2D eigenvalue weighted by molar-refractivity contribution is -0.120. The SMILES string of the molecule is CC(Sc1nnc2n(Cc3ccccc3)c(=O)c3ccccc3n12)C(=O)NC1CCS(=O)(=O)C1. The highest BCUT2D eigenvalue weighted by Crippen LogP contribution is 2.26. The van der Waals surface area contributed by atoms with Crippen LogP contribution in [0.25, 0.3) is 16.7 Å². The molecule has 1 aliphatic rings. The van der Waals surface area contributed by atoms with Crippen molar-refractivity contribution in [3.63, 3.8) is 0 Å². The van der Waals surface area contributed by atoms with E-state index >= 15 is 0 Å². The number of carbonyl (C=O) groups excluding carboxylic acids is 1. The number of nitrogens with zero attached hydrogens (tertiary/aromatic N) is 4. The molecule has 0 radical (unpaired) electrons. The Bertz CT molecular complexity index is 1550. The van der Waals surface area contributed by atoms with Crippen LogP contribution in [-0.2, 0) is 21.2 Å². The van der Waals surface area contributed by atoms with E-state index in [4.69, 9.17) is 0 Å². The smallest absolute Gasteiger partial charge is 0.263 e. The maximum absolute atomic E-state index is 13.3. The van der Waals surface area contributed by atoms with Gasteiger partial charge < -0.3 is 5.32 Å². The third kappa shape index (κ3) is 4.32. The molecule has 0 saturated carbocycles. The van der Waals surface area contributed by atoms with Crippen LogP contribution in [0, 0.1) is 0 Å². The van der Waals surface area contributed by atoms with Crippen molar-refractivity contribution >= 4 is 44.2 Å². The summed E-state index contributed by atoms with van der Waals surface area (Å²) in [7, 11) is -3.08. The van der Waals surface area contributed by atoms with Crippen LogP contribution in [0.4, 0.5) is 0 Å². The largest absolute Gasteiger partial charge is 0.351 e. The van der Waals surface area contributed by atoms with Crippen molar-refractivity contribution in [1.29, 1.82) is 0 Å². The van der Waals surface area contributed by atoms with Crippen molar-refractivity contribution in [3.8, 4) is 0 Å². The van der Waals surface area contributed by atoms with Crippen molar-refractivity contribution in [2.45, 2.75) is 36.3 Å². The van der Waals surface area contributed by atoms with Crippen molar-refractivity contribution < 1.29 is 13.2 Å².